The van der Waals surface area contributed by atoms with E-state index in [4.69, 9.17) is 0 Å². The smallest absolute Gasteiger partial charge is 0.251 e. The van der Waals surface area contributed by atoms with Gasteiger partial charge in [-0.2, -0.15) is 5.10 Å². The molecule has 0 bridgehead atoms. The van der Waals surface area contributed by atoms with Gasteiger partial charge >= 0.3 is 0 Å². The second kappa shape index (κ2) is 8.58. The highest BCUT2D eigenvalue weighted by Crippen LogP contribution is 2.08. The molecule has 0 aliphatic rings. The monoisotopic (exact) mass is 367 g/mol. The zero-order valence-electron chi connectivity index (χ0n) is 14.6. The van der Waals surface area contributed by atoms with Crippen LogP contribution >= 0.6 is 0 Å². The Labute approximate surface area is 155 Å². The fourth-order valence-electron chi connectivity index (χ4n) is 2.68. The van der Waals surface area contributed by atoms with Crippen LogP contribution in [0.25, 0.3) is 0 Å². The van der Waals surface area contributed by atoms with Crippen LogP contribution in [-0.4, -0.2) is 26.2 Å². The lowest BCUT2D eigenvalue weighted by atomic mass is 10.1. The first-order valence-electron chi connectivity index (χ1n) is 8.32. The molecule has 0 aliphatic carbocycles. The summed E-state index contributed by atoms with van der Waals surface area (Å²) < 4.78 is 13.2. The third-order valence-electron chi connectivity index (χ3n) is 3.89. The summed E-state index contributed by atoms with van der Waals surface area (Å²) in [5.74, 6) is 0.303. The molecule has 1 amide bonds. The van der Waals surface area contributed by atoms with Crippen molar-refractivity contribution in [3.8, 4) is 0 Å². The Bertz CT molecular complexity index is 906. The molecule has 1 N–H and O–H groups in total. The van der Waals surface area contributed by atoms with Crippen molar-refractivity contribution in [2.45, 2.75) is 18.8 Å². The number of nitrogens with zero attached hydrogens (tertiary/aromatic N) is 2. The first kappa shape index (κ1) is 18.1. The molecule has 0 fully saturated rings. The molecule has 1 heterocycles. The highest BCUT2D eigenvalue weighted by molar-refractivity contribution is 7.83. The molecule has 26 heavy (non-hydrogen) atoms. The van der Waals surface area contributed by atoms with Crippen molar-refractivity contribution in [3.63, 3.8) is 0 Å². The van der Waals surface area contributed by atoms with Gasteiger partial charge in [0.05, 0.1) is 12.7 Å². The SMILES string of the molecule is CS(=O)Cc1cccc(C(=O)NCc2cnn(Cc3ccccc3)c2)c1. The normalized spacial score (nSPS) is 11.9. The van der Waals surface area contributed by atoms with Gasteiger partial charge in [-0.1, -0.05) is 42.5 Å². The Morgan fingerprint density at radius 1 is 1.08 bits per heavy atom. The number of hydrogen-bond acceptors (Lipinski definition) is 3. The number of rotatable bonds is 7. The minimum atomic E-state index is -0.928. The van der Waals surface area contributed by atoms with Crippen molar-refractivity contribution in [1.82, 2.24) is 15.1 Å². The number of benzene rings is 2. The quantitative estimate of drug-likeness (QED) is 0.698. The van der Waals surface area contributed by atoms with Gasteiger partial charge in [0.1, 0.15) is 0 Å². The molecule has 6 heteroatoms. The molecule has 2 aromatic carbocycles. The second-order valence-electron chi connectivity index (χ2n) is 6.13. The average Bonchev–Trinajstić information content (AvgIpc) is 3.07. The van der Waals surface area contributed by atoms with E-state index < -0.39 is 10.8 Å². The maximum atomic E-state index is 12.3. The summed E-state index contributed by atoms with van der Waals surface area (Å²) in [4.78, 5) is 12.3. The second-order valence-corrected chi connectivity index (χ2v) is 7.57. The molecule has 134 valence electrons. The topological polar surface area (TPSA) is 64.0 Å². The number of nitrogens with one attached hydrogen (secondary N) is 1. The lowest BCUT2D eigenvalue weighted by Gasteiger charge is -2.06. The van der Waals surface area contributed by atoms with E-state index in [9.17, 15) is 9.00 Å². The first-order valence-corrected chi connectivity index (χ1v) is 10.1. The molecular weight excluding hydrogens is 346 g/mol. The van der Waals surface area contributed by atoms with Crippen LogP contribution in [0, 0.1) is 0 Å². The first-order chi connectivity index (χ1) is 12.6. The molecule has 0 spiro atoms. The van der Waals surface area contributed by atoms with Gasteiger partial charge in [-0.25, -0.2) is 0 Å². The number of aromatic nitrogens is 2. The fraction of sp³-hybridized carbons (Fsp3) is 0.200. The van der Waals surface area contributed by atoms with E-state index in [1.807, 2.05) is 41.2 Å². The molecule has 1 aromatic heterocycles. The molecule has 0 saturated heterocycles. The van der Waals surface area contributed by atoms with E-state index in [-0.39, 0.29) is 5.91 Å². The predicted molar refractivity (Wildman–Crippen MR) is 103 cm³/mol. The zero-order chi connectivity index (χ0) is 18.4. The molecule has 0 radical (unpaired) electrons. The van der Waals surface area contributed by atoms with Crippen LogP contribution in [0.5, 0.6) is 0 Å². The standard InChI is InChI=1S/C20H21N3O2S/c1-26(25)15-17-8-5-9-19(10-17)20(24)21-11-18-12-22-23(14-18)13-16-6-3-2-4-7-16/h2-10,12,14H,11,13,15H2,1H3,(H,21,24). The lowest BCUT2D eigenvalue weighted by molar-refractivity contribution is 0.0951. The minimum Gasteiger partial charge on any atom is -0.348 e. The third-order valence-corrected chi connectivity index (χ3v) is 4.63. The highest BCUT2D eigenvalue weighted by atomic mass is 32.2. The van der Waals surface area contributed by atoms with Crippen molar-refractivity contribution < 1.29 is 9.00 Å². The fourth-order valence-corrected chi connectivity index (χ4v) is 3.33. The maximum absolute atomic E-state index is 12.3. The van der Waals surface area contributed by atoms with Gasteiger partial charge < -0.3 is 5.32 Å². The number of carbonyl (C=O) groups excluding carboxylic acids is 1. The molecule has 1 unspecified atom stereocenters. The summed E-state index contributed by atoms with van der Waals surface area (Å²) >= 11 is 0. The van der Waals surface area contributed by atoms with E-state index in [0.29, 0.717) is 24.4 Å². The number of carbonyl (C=O) groups is 1. The van der Waals surface area contributed by atoms with Crippen LogP contribution in [0.3, 0.4) is 0 Å². The largest absolute Gasteiger partial charge is 0.348 e. The van der Waals surface area contributed by atoms with Crippen molar-refractivity contribution in [2.75, 3.05) is 6.26 Å². The Hall–Kier alpha value is -2.73. The summed E-state index contributed by atoms with van der Waals surface area (Å²) in [6.07, 6.45) is 5.35. The minimum absolute atomic E-state index is 0.149. The van der Waals surface area contributed by atoms with Gasteiger partial charge in [0, 0.05) is 46.7 Å². The van der Waals surface area contributed by atoms with Crippen LogP contribution < -0.4 is 5.32 Å². The summed E-state index contributed by atoms with van der Waals surface area (Å²) in [6.45, 7) is 1.11. The molecular formula is C20H21N3O2S. The lowest BCUT2D eigenvalue weighted by Crippen LogP contribution is -2.22. The number of hydrogen-bond donors (Lipinski definition) is 1. The van der Waals surface area contributed by atoms with Gasteiger partial charge in [0.25, 0.3) is 5.91 Å². The molecule has 3 rings (SSSR count). The molecule has 0 saturated carbocycles. The van der Waals surface area contributed by atoms with Crippen molar-refractivity contribution >= 4 is 16.7 Å². The van der Waals surface area contributed by atoms with E-state index in [1.165, 1.54) is 5.56 Å². The molecule has 0 aliphatic heterocycles. The van der Waals surface area contributed by atoms with E-state index >= 15 is 0 Å². The van der Waals surface area contributed by atoms with E-state index in [0.717, 1.165) is 11.1 Å². The Morgan fingerprint density at radius 2 is 1.85 bits per heavy atom. The van der Waals surface area contributed by atoms with E-state index in [2.05, 4.69) is 22.5 Å². The summed E-state index contributed by atoms with van der Waals surface area (Å²) in [5.41, 5.74) is 3.59. The van der Waals surface area contributed by atoms with Crippen molar-refractivity contribution in [2.24, 2.45) is 0 Å². The Balaban J connectivity index is 1.57. The third kappa shape index (κ3) is 5.13. The highest BCUT2D eigenvalue weighted by Gasteiger charge is 2.08. The summed E-state index contributed by atoms with van der Waals surface area (Å²) in [5, 5.41) is 7.25. The number of amides is 1. The van der Waals surface area contributed by atoms with Crippen LogP contribution in [0.2, 0.25) is 0 Å². The Kier molecular flexibility index (Phi) is 5.96. The zero-order valence-corrected chi connectivity index (χ0v) is 15.4. The average molecular weight is 367 g/mol. The molecule has 5 nitrogen and oxygen atoms in total. The van der Waals surface area contributed by atoms with Gasteiger partial charge in [-0.15, -0.1) is 0 Å². The van der Waals surface area contributed by atoms with Crippen molar-refractivity contribution in [3.05, 3.63) is 89.2 Å². The van der Waals surface area contributed by atoms with Gasteiger partial charge in [-0.3, -0.25) is 13.7 Å². The van der Waals surface area contributed by atoms with Crippen LogP contribution in [0.1, 0.15) is 27.0 Å². The van der Waals surface area contributed by atoms with E-state index in [1.54, 1.807) is 24.6 Å². The Morgan fingerprint density at radius 3 is 2.62 bits per heavy atom. The van der Waals surface area contributed by atoms with Crippen LogP contribution in [-0.2, 0) is 29.6 Å². The summed E-state index contributed by atoms with van der Waals surface area (Å²) in [7, 11) is -0.928. The maximum Gasteiger partial charge on any atom is 0.251 e. The van der Waals surface area contributed by atoms with Crippen molar-refractivity contribution in [1.29, 1.82) is 0 Å². The van der Waals surface area contributed by atoms with Crippen LogP contribution in [0.15, 0.2) is 67.0 Å². The van der Waals surface area contributed by atoms with Gasteiger partial charge in [0.15, 0.2) is 0 Å². The molecule has 3 aromatic rings. The van der Waals surface area contributed by atoms with Gasteiger partial charge in [0.2, 0.25) is 0 Å². The van der Waals surface area contributed by atoms with Crippen LogP contribution in [0.4, 0.5) is 0 Å². The summed E-state index contributed by atoms with van der Waals surface area (Å²) in [6, 6.07) is 17.3. The molecule has 1 atom stereocenters. The predicted octanol–water partition coefficient (Wildman–Crippen LogP) is 2.74. The van der Waals surface area contributed by atoms with Gasteiger partial charge in [-0.05, 0) is 23.3 Å².